The molecule has 2 aromatic rings. The lowest BCUT2D eigenvalue weighted by molar-refractivity contribution is 0.222. The summed E-state index contributed by atoms with van der Waals surface area (Å²) in [5, 5.41) is 8.07. The van der Waals surface area contributed by atoms with Crippen LogP contribution < -0.4 is 10.6 Å². The van der Waals surface area contributed by atoms with Crippen molar-refractivity contribution in [1.82, 2.24) is 20.5 Å². The van der Waals surface area contributed by atoms with Crippen molar-refractivity contribution in [3.63, 3.8) is 0 Å². The average molecular weight is 344 g/mol. The Morgan fingerprint density at radius 1 is 1.25 bits per heavy atom. The highest BCUT2D eigenvalue weighted by Gasteiger charge is 2.24. The number of thiophene rings is 1. The molecule has 3 heterocycles. The van der Waals surface area contributed by atoms with E-state index in [1.165, 1.54) is 17.7 Å². The standard InChI is InChI=1S/C18H24N4OS/c23-18(20-9-7-15-5-3-8-19-13-15)21-14-16(17-6-4-12-24-17)22-10-1-2-11-22/h3-6,8,12-13,16H,1-2,7,9-11,14H2,(H2,20,21,23)/t16-/m1/s1. The van der Waals surface area contributed by atoms with Crippen LogP contribution in [0.15, 0.2) is 42.0 Å². The fraction of sp³-hybridized carbons (Fsp3) is 0.444. The molecule has 0 radical (unpaired) electrons. The van der Waals surface area contributed by atoms with E-state index in [1.54, 1.807) is 17.5 Å². The second kappa shape index (κ2) is 8.80. The summed E-state index contributed by atoms with van der Waals surface area (Å²) in [7, 11) is 0. The average Bonchev–Trinajstić information content (AvgIpc) is 3.30. The normalized spacial score (nSPS) is 16.0. The van der Waals surface area contributed by atoms with Gasteiger partial charge in [-0.2, -0.15) is 0 Å². The van der Waals surface area contributed by atoms with Crippen molar-refractivity contribution in [2.45, 2.75) is 25.3 Å². The molecule has 5 nitrogen and oxygen atoms in total. The Kier molecular flexibility index (Phi) is 6.20. The highest BCUT2D eigenvalue weighted by molar-refractivity contribution is 7.10. The molecule has 1 fully saturated rings. The Bertz CT molecular complexity index is 611. The van der Waals surface area contributed by atoms with E-state index in [0.29, 0.717) is 13.1 Å². The van der Waals surface area contributed by atoms with Gasteiger partial charge in [0.05, 0.1) is 6.04 Å². The number of aromatic nitrogens is 1. The van der Waals surface area contributed by atoms with Gasteiger partial charge in [-0.3, -0.25) is 9.88 Å². The first-order valence-electron chi connectivity index (χ1n) is 8.51. The van der Waals surface area contributed by atoms with E-state index in [-0.39, 0.29) is 12.1 Å². The molecule has 128 valence electrons. The summed E-state index contributed by atoms with van der Waals surface area (Å²) in [6.07, 6.45) is 6.88. The fourth-order valence-corrected chi connectivity index (χ4v) is 3.92. The second-order valence-electron chi connectivity index (χ2n) is 6.02. The lowest BCUT2D eigenvalue weighted by Gasteiger charge is -2.26. The molecule has 24 heavy (non-hydrogen) atoms. The third-order valence-electron chi connectivity index (χ3n) is 4.33. The van der Waals surface area contributed by atoms with Crippen LogP contribution in [0.25, 0.3) is 0 Å². The molecule has 1 aliphatic rings. The first-order chi connectivity index (χ1) is 11.8. The van der Waals surface area contributed by atoms with Gasteiger partial charge in [0.15, 0.2) is 0 Å². The molecule has 3 rings (SSSR count). The van der Waals surface area contributed by atoms with Gasteiger partial charge in [0.25, 0.3) is 0 Å². The Morgan fingerprint density at radius 2 is 2.12 bits per heavy atom. The van der Waals surface area contributed by atoms with E-state index in [2.05, 4.69) is 38.0 Å². The van der Waals surface area contributed by atoms with Crippen LogP contribution in [0.2, 0.25) is 0 Å². The molecule has 0 aromatic carbocycles. The quantitative estimate of drug-likeness (QED) is 0.812. The summed E-state index contributed by atoms with van der Waals surface area (Å²) >= 11 is 1.76. The topological polar surface area (TPSA) is 57.3 Å². The highest BCUT2D eigenvalue weighted by atomic mass is 32.1. The maximum atomic E-state index is 12.1. The minimum Gasteiger partial charge on any atom is -0.338 e. The smallest absolute Gasteiger partial charge is 0.314 e. The van der Waals surface area contributed by atoms with Gasteiger partial charge in [0.1, 0.15) is 0 Å². The van der Waals surface area contributed by atoms with Crippen LogP contribution in [0.3, 0.4) is 0 Å². The summed E-state index contributed by atoms with van der Waals surface area (Å²) in [4.78, 5) is 20.0. The van der Waals surface area contributed by atoms with E-state index in [0.717, 1.165) is 25.1 Å². The number of rotatable bonds is 7. The molecule has 0 spiro atoms. The van der Waals surface area contributed by atoms with E-state index in [9.17, 15) is 4.79 Å². The zero-order valence-electron chi connectivity index (χ0n) is 13.8. The van der Waals surface area contributed by atoms with Crippen LogP contribution in [-0.4, -0.2) is 42.1 Å². The van der Waals surface area contributed by atoms with E-state index >= 15 is 0 Å². The van der Waals surface area contributed by atoms with Gasteiger partial charge in [0, 0.05) is 30.4 Å². The molecule has 2 aromatic heterocycles. The van der Waals surface area contributed by atoms with Crippen LogP contribution >= 0.6 is 11.3 Å². The minimum absolute atomic E-state index is 0.0976. The van der Waals surface area contributed by atoms with Gasteiger partial charge in [-0.15, -0.1) is 11.3 Å². The van der Waals surface area contributed by atoms with E-state index in [4.69, 9.17) is 0 Å². The maximum Gasteiger partial charge on any atom is 0.314 e. The number of hydrogen-bond donors (Lipinski definition) is 2. The Balaban J connectivity index is 1.44. The zero-order chi connectivity index (χ0) is 16.6. The van der Waals surface area contributed by atoms with Crippen molar-refractivity contribution in [1.29, 1.82) is 0 Å². The molecule has 1 atom stereocenters. The van der Waals surface area contributed by atoms with Crippen molar-refractivity contribution in [3.8, 4) is 0 Å². The first kappa shape index (κ1) is 16.9. The molecule has 2 N–H and O–H groups in total. The number of hydrogen-bond acceptors (Lipinski definition) is 4. The van der Waals surface area contributed by atoms with E-state index in [1.807, 2.05) is 18.3 Å². The second-order valence-corrected chi connectivity index (χ2v) is 7.00. The minimum atomic E-state index is -0.0976. The Morgan fingerprint density at radius 3 is 2.83 bits per heavy atom. The van der Waals surface area contributed by atoms with Crippen molar-refractivity contribution < 1.29 is 4.79 Å². The molecular formula is C18H24N4OS. The molecule has 2 amide bonds. The SMILES string of the molecule is O=C(NCCc1cccnc1)NC[C@H](c1cccs1)N1CCCC1. The molecule has 1 aliphatic heterocycles. The molecule has 0 unspecified atom stereocenters. The molecule has 6 heteroatoms. The summed E-state index contributed by atoms with van der Waals surface area (Å²) in [5.41, 5.74) is 1.13. The number of likely N-dealkylation sites (tertiary alicyclic amines) is 1. The monoisotopic (exact) mass is 344 g/mol. The molecular weight excluding hydrogens is 320 g/mol. The van der Waals surface area contributed by atoms with Crippen LogP contribution in [0.4, 0.5) is 4.79 Å². The number of carbonyl (C=O) groups excluding carboxylic acids is 1. The number of amides is 2. The summed E-state index contributed by atoms with van der Waals surface area (Å²) in [6, 6.07) is 8.37. The van der Waals surface area contributed by atoms with Crippen molar-refractivity contribution in [3.05, 3.63) is 52.5 Å². The number of carbonyl (C=O) groups is 1. The van der Waals surface area contributed by atoms with Gasteiger partial charge in [-0.25, -0.2) is 4.79 Å². The summed E-state index contributed by atoms with van der Waals surface area (Å²) < 4.78 is 0. The molecule has 1 saturated heterocycles. The molecule has 0 bridgehead atoms. The van der Waals surface area contributed by atoms with Gasteiger partial charge < -0.3 is 10.6 Å². The molecule has 0 saturated carbocycles. The number of urea groups is 1. The van der Waals surface area contributed by atoms with Gasteiger partial charge in [-0.1, -0.05) is 12.1 Å². The Labute approximate surface area is 147 Å². The lowest BCUT2D eigenvalue weighted by atomic mass is 10.2. The third kappa shape index (κ3) is 4.79. The van der Waals surface area contributed by atoms with Crippen LogP contribution in [0.1, 0.15) is 29.3 Å². The number of pyridine rings is 1. The van der Waals surface area contributed by atoms with Crippen molar-refractivity contribution >= 4 is 17.4 Å². The number of nitrogens with one attached hydrogen (secondary N) is 2. The predicted molar refractivity (Wildman–Crippen MR) is 97.2 cm³/mol. The number of nitrogens with zero attached hydrogens (tertiary/aromatic N) is 2. The van der Waals surface area contributed by atoms with Gasteiger partial charge >= 0.3 is 6.03 Å². The highest BCUT2D eigenvalue weighted by Crippen LogP contribution is 2.27. The summed E-state index contributed by atoms with van der Waals surface area (Å²) in [6.45, 7) is 3.50. The summed E-state index contributed by atoms with van der Waals surface area (Å²) in [5.74, 6) is 0. The molecule has 0 aliphatic carbocycles. The van der Waals surface area contributed by atoms with Crippen LogP contribution in [0, 0.1) is 0 Å². The van der Waals surface area contributed by atoms with Crippen LogP contribution in [-0.2, 0) is 6.42 Å². The van der Waals surface area contributed by atoms with Crippen molar-refractivity contribution in [2.75, 3.05) is 26.2 Å². The van der Waals surface area contributed by atoms with Gasteiger partial charge in [0.2, 0.25) is 0 Å². The van der Waals surface area contributed by atoms with Gasteiger partial charge in [-0.05, 0) is 55.4 Å². The van der Waals surface area contributed by atoms with Crippen LogP contribution in [0.5, 0.6) is 0 Å². The third-order valence-corrected chi connectivity index (χ3v) is 5.30. The first-order valence-corrected chi connectivity index (χ1v) is 9.39. The largest absolute Gasteiger partial charge is 0.338 e. The predicted octanol–water partition coefficient (Wildman–Crippen LogP) is 2.82. The zero-order valence-corrected chi connectivity index (χ0v) is 14.6. The van der Waals surface area contributed by atoms with Crippen molar-refractivity contribution in [2.24, 2.45) is 0 Å². The Hall–Kier alpha value is -1.92. The fourth-order valence-electron chi connectivity index (χ4n) is 3.06. The van der Waals surface area contributed by atoms with E-state index < -0.39 is 0 Å². The maximum absolute atomic E-state index is 12.1. The lowest BCUT2D eigenvalue weighted by Crippen LogP contribution is -2.41.